The van der Waals surface area contributed by atoms with Gasteiger partial charge in [-0.05, 0) is 31.2 Å². The van der Waals surface area contributed by atoms with Crippen LogP contribution in [0, 0.1) is 0 Å². The second-order valence-electron chi connectivity index (χ2n) is 7.80. The number of ether oxygens (including phenoxy) is 1. The molecule has 1 aromatic heterocycles. The molecule has 11 heteroatoms. The van der Waals surface area contributed by atoms with E-state index in [0.29, 0.717) is 44.4 Å². The second kappa shape index (κ2) is 9.37. The van der Waals surface area contributed by atoms with Crippen LogP contribution in [-0.2, 0) is 17.8 Å². The number of nitrogens with two attached hydrogens (primary N) is 1. The number of amides is 3. The van der Waals surface area contributed by atoms with E-state index in [9.17, 15) is 14.7 Å². The Hall–Kier alpha value is -3.44. The summed E-state index contributed by atoms with van der Waals surface area (Å²) >= 11 is 0. The number of nitrogens with zero attached hydrogens (tertiary/aromatic N) is 4. The Bertz CT molecular complexity index is 998. The molecule has 0 bridgehead atoms. The molecule has 0 spiro atoms. The molecule has 1 aromatic carbocycles. The highest BCUT2D eigenvalue weighted by Crippen LogP contribution is 2.33. The van der Waals surface area contributed by atoms with E-state index in [4.69, 9.17) is 15.5 Å². The first-order valence-corrected chi connectivity index (χ1v) is 10.5. The fourth-order valence-corrected chi connectivity index (χ4v) is 3.84. The number of fused-ring (bicyclic) bond motifs is 1. The zero-order valence-electron chi connectivity index (χ0n) is 17.9. The van der Waals surface area contributed by atoms with E-state index in [1.807, 2.05) is 12.1 Å². The molecule has 2 aliphatic rings. The third kappa shape index (κ3) is 4.58. The highest BCUT2D eigenvalue weighted by atomic mass is 16.5. The maximum absolute atomic E-state index is 11.8. The number of anilines is 2. The average Bonchev–Trinajstić information content (AvgIpc) is 3.23. The number of nitrogens with one attached hydrogen (secondary N) is 2. The molecular formula is C21H27N7O4. The lowest BCUT2D eigenvalue weighted by Crippen LogP contribution is -2.44. The maximum atomic E-state index is 11.8. The summed E-state index contributed by atoms with van der Waals surface area (Å²) in [7, 11) is 0. The second-order valence-corrected chi connectivity index (χ2v) is 7.80. The summed E-state index contributed by atoms with van der Waals surface area (Å²) in [5.74, 6) is 1.27. The first-order chi connectivity index (χ1) is 15.5. The summed E-state index contributed by atoms with van der Waals surface area (Å²) < 4.78 is 5.56. The molecule has 3 amide bonds. The van der Waals surface area contributed by atoms with Crippen molar-refractivity contribution in [2.75, 3.05) is 43.1 Å². The number of benzene rings is 1. The number of hydrogen-bond donors (Lipinski definition) is 4. The molecule has 1 fully saturated rings. The summed E-state index contributed by atoms with van der Waals surface area (Å²) in [6.07, 6.45) is -0.978. The van der Waals surface area contributed by atoms with Gasteiger partial charge in [-0.2, -0.15) is 0 Å². The molecule has 170 valence electrons. The molecule has 32 heavy (non-hydrogen) atoms. The van der Waals surface area contributed by atoms with Crippen LogP contribution in [0.1, 0.15) is 18.2 Å². The fourth-order valence-electron chi connectivity index (χ4n) is 3.84. The van der Waals surface area contributed by atoms with Gasteiger partial charge in [-0.25, -0.2) is 19.6 Å². The molecule has 0 radical (unpaired) electrons. The van der Waals surface area contributed by atoms with Gasteiger partial charge in [0.1, 0.15) is 5.82 Å². The summed E-state index contributed by atoms with van der Waals surface area (Å²) in [5.41, 5.74) is 8.36. The van der Waals surface area contributed by atoms with Crippen LogP contribution < -0.4 is 21.3 Å². The van der Waals surface area contributed by atoms with Crippen molar-refractivity contribution in [3.8, 4) is 11.4 Å². The molecule has 1 unspecified atom stereocenters. The van der Waals surface area contributed by atoms with Crippen LogP contribution >= 0.6 is 0 Å². The molecular weight excluding hydrogens is 414 g/mol. The van der Waals surface area contributed by atoms with E-state index in [1.54, 1.807) is 12.1 Å². The van der Waals surface area contributed by atoms with Gasteiger partial charge in [0.25, 0.3) is 0 Å². The lowest BCUT2D eigenvalue weighted by atomic mass is 10.1. The summed E-state index contributed by atoms with van der Waals surface area (Å²) in [6, 6.07) is 7.00. The Balaban J connectivity index is 1.63. The number of aromatic nitrogens is 2. The molecule has 0 saturated carbocycles. The fraction of sp³-hybridized carbons (Fsp3) is 0.429. The van der Waals surface area contributed by atoms with Gasteiger partial charge in [-0.3, -0.25) is 4.90 Å². The first kappa shape index (κ1) is 21.8. The topological polar surface area (TPSA) is 146 Å². The zero-order chi connectivity index (χ0) is 22.7. The van der Waals surface area contributed by atoms with Crippen molar-refractivity contribution in [3.63, 3.8) is 0 Å². The molecule has 11 nitrogen and oxygen atoms in total. The van der Waals surface area contributed by atoms with Crippen molar-refractivity contribution in [1.82, 2.24) is 20.2 Å². The van der Waals surface area contributed by atoms with Crippen LogP contribution in [-0.4, -0.2) is 71.0 Å². The monoisotopic (exact) mass is 441 g/mol. The smallest absolute Gasteiger partial charge is 0.407 e. The molecule has 1 saturated heterocycles. The largest absolute Gasteiger partial charge is 0.465 e. The van der Waals surface area contributed by atoms with Crippen LogP contribution in [0.25, 0.3) is 11.4 Å². The normalized spacial score (nSPS) is 17.8. The molecule has 1 atom stereocenters. The predicted octanol–water partition coefficient (Wildman–Crippen LogP) is 1.44. The van der Waals surface area contributed by atoms with E-state index in [-0.39, 0.29) is 25.2 Å². The zero-order valence-corrected chi connectivity index (χ0v) is 17.9. The van der Waals surface area contributed by atoms with Crippen molar-refractivity contribution in [1.29, 1.82) is 0 Å². The number of urea groups is 1. The van der Waals surface area contributed by atoms with Gasteiger partial charge < -0.3 is 31.1 Å². The molecule has 4 rings (SSSR count). The van der Waals surface area contributed by atoms with Crippen LogP contribution in [0.15, 0.2) is 24.3 Å². The Labute approximate surface area is 185 Å². The van der Waals surface area contributed by atoms with E-state index in [0.717, 1.165) is 22.6 Å². The quantitative estimate of drug-likeness (QED) is 0.545. The minimum absolute atomic E-state index is 0.119. The molecule has 2 aliphatic heterocycles. The van der Waals surface area contributed by atoms with Gasteiger partial charge >= 0.3 is 12.1 Å². The number of carboxylic acid groups (broad SMARTS) is 1. The molecule has 5 N–H and O–H groups in total. The summed E-state index contributed by atoms with van der Waals surface area (Å²) in [4.78, 5) is 36.4. The number of carbonyl (C=O) groups is 2. The highest BCUT2D eigenvalue weighted by molar-refractivity contribution is 5.89. The third-order valence-electron chi connectivity index (χ3n) is 5.50. The molecule has 2 aromatic rings. The Morgan fingerprint density at radius 2 is 2.03 bits per heavy atom. The minimum Gasteiger partial charge on any atom is -0.465 e. The van der Waals surface area contributed by atoms with Gasteiger partial charge in [-0.15, -0.1) is 0 Å². The van der Waals surface area contributed by atoms with E-state index >= 15 is 0 Å². The molecule has 0 aliphatic carbocycles. The van der Waals surface area contributed by atoms with Gasteiger partial charge in [0, 0.05) is 36.4 Å². The van der Waals surface area contributed by atoms with Crippen molar-refractivity contribution in [2.45, 2.75) is 26.1 Å². The van der Waals surface area contributed by atoms with E-state index in [1.165, 1.54) is 4.90 Å². The Kier molecular flexibility index (Phi) is 6.37. The standard InChI is InChI=1S/C21H27N7O4/c1-13-12-32-9-8-28(13)19-16-10-27(21(30)31)11-17(16)25-18(26-19)14-2-4-15(5-3-14)24-20(29)23-7-6-22/h2-5,13H,6-12,22H2,1H3,(H,30,31)(H2,23,24,29). The number of morpholine rings is 1. The van der Waals surface area contributed by atoms with Gasteiger partial charge in [0.15, 0.2) is 5.82 Å². The van der Waals surface area contributed by atoms with Crippen LogP contribution in [0.5, 0.6) is 0 Å². The maximum Gasteiger partial charge on any atom is 0.407 e. The Morgan fingerprint density at radius 3 is 2.72 bits per heavy atom. The number of carbonyl (C=O) groups excluding carboxylic acids is 1. The van der Waals surface area contributed by atoms with E-state index in [2.05, 4.69) is 27.4 Å². The third-order valence-corrected chi connectivity index (χ3v) is 5.50. The van der Waals surface area contributed by atoms with Crippen molar-refractivity contribution >= 4 is 23.6 Å². The minimum atomic E-state index is -0.978. The van der Waals surface area contributed by atoms with Crippen molar-refractivity contribution < 1.29 is 19.4 Å². The molecule has 3 heterocycles. The lowest BCUT2D eigenvalue weighted by molar-refractivity contribution is 0.0983. The van der Waals surface area contributed by atoms with Gasteiger partial charge in [-0.1, -0.05) is 0 Å². The summed E-state index contributed by atoms with van der Waals surface area (Å²) in [5, 5.41) is 14.9. The van der Waals surface area contributed by atoms with Gasteiger partial charge in [0.05, 0.1) is 38.0 Å². The highest BCUT2D eigenvalue weighted by Gasteiger charge is 2.32. The lowest BCUT2D eigenvalue weighted by Gasteiger charge is -2.35. The number of hydrogen-bond acceptors (Lipinski definition) is 7. The SMILES string of the molecule is CC1COCCN1c1nc(-c2ccc(NC(=O)NCCN)cc2)nc2c1CN(C(=O)O)C2. The summed E-state index contributed by atoms with van der Waals surface area (Å²) in [6.45, 7) is 5.18. The van der Waals surface area contributed by atoms with Crippen LogP contribution in [0.4, 0.5) is 21.1 Å². The number of rotatable bonds is 5. The van der Waals surface area contributed by atoms with E-state index < -0.39 is 6.09 Å². The van der Waals surface area contributed by atoms with Crippen LogP contribution in [0.3, 0.4) is 0 Å². The van der Waals surface area contributed by atoms with Crippen molar-refractivity contribution in [3.05, 3.63) is 35.5 Å². The van der Waals surface area contributed by atoms with Crippen LogP contribution in [0.2, 0.25) is 0 Å². The Morgan fingerprint density at radius 1 is 1.25 bits per heavy atom. The average molecular weight is 441 g/mol. The first-order valence-electron chi connectivity index (χ1n) is 10.5. The predicted molar refractivity (Wildman–Crippen MR) is 118 cm³/mol. The van der Waals surface area contributed by atoms with Crippen molar-refractivity contribution in [2.24, 2.45) is 5.73 Å². The van der Waals surface area contributed by atoms with Gasteiger partial charge in [0.2, 0.25) is 0 Å².